The van der Waals surface area contributed by atoms with Crippen molar-refractivity contribution in [3.63, 3.8) is 0 Å². The number of anilines is 3. The van der Waals surface area contributed by atoms with Crippen molar-refractivity contribution in [1.29, 1.82) is 0 Å². The highest BCUT2D eigenvalue weighted by molar-refractivity contribution is 6.05. The molecule has 30 heavy (non-hydrogen) atoms. The molecule has 0 aliphatic rings. The van der Waals surface area contributed by atoms with Crippen molar-refractivity contribution in [2.24, 2.45) is 0 Å². The molecule has 0 saturated carbocycles. The third-order valence-electron chi connectivity index (χ3n) is 4.99. The van der Waals surface area contributed by atoms with Crippen molar-refractivity contribution in [2.75, 3.05) is 16.4 Å². The second-order valence-corrected chi connectivity index (χ2v) is 7.56. The number of aromatic nitrogens is 3. The maximum absolute atomic E-state index is 12.5. The van der Waals surface area contributed by atoms with E-state index in [0.717, 1.165) is 33.5 Å². The van der Waals surface area contributed by atoms with Crippen molar-refractivity contribution < 1.29 is 9.59 Å². The molecule has 3 aromatic rings. The lowest BCUT2D eigenvalue weighted by Crippen LogP contribution is -2.22. The molecule has 0 bridgehead atoms. The van der Waals surface area contributed by atoms with Crippen LogP contribution in [0.25, 0.3) is 0 Å². The number of rotatable bonds is 5. The monoisotopic (exact) mass is 406 g/mol. The fourth-order valence-electron chi connectivity index (χ4n) is 3.30. The quantitative estimate of drug-likeness (QED) is 0.601. The van der Waals surface area contributed by atoms with Gasteiger partial charge in [-0.3, -0.25) is 9.59 Å². The summed E-state index contributed by atoms with van der Waals surface area (Å²) in [6.07, 6.45) is 0. The van der Waals surface area contributed by atoms with E-state index in [0.29, 0.717) is 5.69 Å². The topological polar surface area (TPSA) is 115 Å². The molecule has 1 aromatic heterocycles. The van der Waals surface area contributed by atoms with Gasteiger partial charge in [-0.1, -0.05) is 29.0 Å². The molecule has 0 unspecified atom stereocenters. The summed E-state index contributed by atoms with van der Waals surface area (Å²) in [7, 11) is 0. The number of nitrogens with two attached hydrogens (primary N) is 1. The highest BCUT2D eigenvalue weighted by Crippen LogP contribution is 2.22. The minimum absolute atomic E-state index is 0.0243. The molecule has 3 rings (SSSR count). The molecule has 0 fully saturated rings. The molecule has 0 aliphatic carbocycles. The van der Waals surface area contributed by atoms with Gasteiger partial charge in [-0.25, -0.2) is 4.68 Å². The standard InChI is InChI=1S/C22H26N6O2/c1-12-8-15(4)19(16(5)9-12)25-18(29)11-28-21(23)20(26-27-28)22(30)24-17-7-6-13(2)14(3)10-17/h6-10H,11,23H2,1-5H3,(H,24,30)(H,25,29). The highest BCUT2D eigenvalue weighted by Gasteiger charge is 2.19. The predicted octanol–water partition coefficient (Wildman–Crippen LogP) is 3.29. The van der Waals surface area contributed by atoms with Crippen LogP contribution < -0.4 is 16.4 Å². The predicted molar refractivity (Wildman–Crippen MR) is 118 cm³/mol. The van der Waals surface area contributed by atoms with Gasteiger partial charge < -0.3 is 16.4 Å². The third kappa shape index (κ3) is 4.48. The highest BCUT2D eigenvalue weighted by atomic mass is 16.2. The molecular weight excluding hydrogens is 380 g/mol. The zero-order valence-corrected chi connectivity index (χ0v) is 17.8. The van der Waals surface area contributed by atoms with Gasteiger partial charge in [0.15, 0.2) is 11.5 Å². The third-order valence-corrected chi connectivity index (χ3v) is 4.99. The van der Waals surface area contributed by atoms with Gasteiger partial charge in [-0.2, -0.15) is 0 Å². The first-order chi connectivity index (χ1) is 14.2. The first-order valence-corrected chi connectivity index (χ1v) is 9.61. The SMILES string of the molecule is Cc1cc(C)c(NC(=O)Cn2nnc(C(=O)Nc3ccc(C)c(C)c3)c2N)c(C)c1. The molecule has 0 aliphatic heterocycles. The fraction of sp³-hybridized carbons (Fsp3) is 0.273. The molecule has 0 radical (unpaired) electrons. The van der Waals surface area contributed by atoms with Crippen LogP contribution in [0.5, 0.6) is 0 Å². The van der Waals surface area contributed by atoms with Gasteiger partial charge in [-0.15, -0.1) is 5.10 Å². The lowest BCUT2D eigenvalue weighted by Gasteiger charge is -2.13. The fourth-order valence-corrected chi connectivity index (χ4v) is 3.30. The van der Waals surface area contributed by atoms with E-state index in [9.17, 15) is 9.59 Å². The Morgan fingerprint density at radius 3 is 2.23 bits per heavy atom. The number of nitrogen functional groups attached to an aromatic ring is 1. The van der Waals surface area contributed by atoms with E-state index in [4.69, 9.17) is 5.73 Å². The van der Waals surface area contributed by atoms with Crippen molar-refractivity contribution in [1.82, 2.24) is 15.0 Å². The summed E-state index contributed by atoms with van der Waals surface area (Å²) in [5.74, 6) is -0.751. The minimum atomic E-state index is -0.479. The number of nitrogens with one attached hydrogen (secondary N) is 2. The number of benzene rings is 2. The largest absolute Gasteiger partial charge is 0.382 e. The Bertz CT molecular complexity index is 1110. The second-order valence-electron chi connectivity index (χ2n) is 7.56. The number of hydrogen-bond donors (Lipinski definition) is 3. The maximum Gasteiger partial charge on any atom is 0.280 e. The maximum atomic E-state index is 12.5. The van der Waals surface area contributed by atoms with Crippen LogP contribution >= 0.6 is 0 Å². The Labute approximate surface area is 175 Å². The van der Waals surface area contributed by atoms with Gasteiger partial charge in [-0.05, 0) is 69.0 Å². The molecule has 0 spiro atoms. The van der Waals surface area contributed by atoms with Crippen LogP contribution in [0.2, 0.25) is 0 Å². The van der Waals surface area contributed by atoms with E-state index in [1.165, 1.54) is 4.68 Å². The van der Waals surface area contributed by atoms with E-state index in [-0.39, 0.29) is 24.0 Å². The van der Waals surface area contributed by atoms with Gasteiger partial charge >= 0.3 is 0 Å². The molecule has 8 heteroatoms. The zero-order chi connectivity index (χ0) is 22.0. The van der Waals surface area contributed by atoms with E-state index in [1.54, 1.807) is 6.07 Å². The zero-order valence-electron chi connectivity index (χ0n) is 17.8. The first-order valence-electron chi connectivity index (χ1n) is 9.61. The summed E-state index contributed by atoms with van der Waals surface area (Å²) in [6, 6.07) is 9.60. The van der Waals surface area contributed by atoms with Crippen molar-refractivity contribution in [2.45, 2.75) is 41.2 Å². The first kappa shape index (κ1) is 21.0. The Morgan fingerprint density at radius 2 is 1.60 bits per heavy atom. The summed E-state index contributed by atoms with van der Waals surface area (Å²) in [5, 5.41) is 13.4. The van der Waals surface area contributed by atoms with Gasteiger partial charge in [0.1, 0.15) is 6.54 Å². The normalized spacial score (nSPS) is 10.7. The minimum Gasteiger partial charge on any atom is -0.382 e. The smallest absolute Gasteiger partial charge is 0.280 e. The number of carbonyl (C=O) groups is 2. The van der Waals surface area contributed by atoms with E-state index in [1.807, 2.05) is 58.9 Å². The van der Waals surface area contributed by atoms with E-state index >= 15 is 0 Å². The van der Waals surface area contributed by atoms with E-state index in [2.05, 4.69) is 20.9 Å². The molecule has 4 N–H and O–H groups in total. The number of amides is 2. The number of carbonyl (C=O) groups excluding carboxylic acids is 2. The molecule has 156 valence electrons. The summed E-state index contributed by atoms with van der Waals surface area (Å²) >= 11 is 0. The summed E-state index contributed by atoms with van der Waals surface area (Å²) in [6.45, 7) is 9.69. The van der Waals surface area contributed by atoms with Crippen LogP contribution in [0.4, 0.5) is 17.2 Å². The molecular formula is C22H26N6O2. The van der Waals surface area contributed by atoms with Crippen LogP contribution in [0.3, 0.4) is 0 Å². The lowest BCUT2D eigenvalue weighted by molar-refractivity contribution is -0.116. The van der Waals surface area contributed by atoms with E-state index < -0.39 is 5.91 Å². The summed E-state index contributed by atoms with van der Waals surface area (Å²) < 4.78 is 1.21. The van der Waals surface area contributed by atoms with Gasteiger partial charge in [0.2, 0.25) is 5.91 Å². The van der Waals surface area contributed by atoms with Crippen molar-refractivity contribution in [3.05, 3.63) is 63.8 Å². The number of nitrogens with zero attached hydrogens (tertiary/aromatic N) is 3. The van der Waals surface area contributed by atoms with Crippen LogP contribution in [-0.2, 0) is 11.3 Å². The Hall–Kier alpha value is -3.68. The van der Waals surface area contributed by atoms with Crippen LogP contribution in [0.15, 0.2) is 30.3 Å². The molecule has 2 aromatic carbocycles. The van der Waals surface area contributed by atoms with Gasteiger partial charge in [0, 0.05) is 11.4 Å². The summed E-state index contributed by atoms with van der Waals surface area (Å²) in [5.41, 5.74) is 12.7. The number of aryl methyl sites for hydroxylation is 5. The molecule has 0 atom stereocenters. The number of hydrogen-bond acceptors (Lipinski definition) is 5. The Kier molecular flexibility index (Phi) is 5.86. The van der Waals surface area contributed by atoms with Gasteiger partial charge in [0.05, 0.1) is 0 Å². The van der Waals surface area contributed by atoms with Crippen molar-refractivity contribution >= 4 is 29.0 Å². The second kappa shape index (κ2) is 8.36. The van der Waals surface area contributed by atoms with Gasteiger partial charge in [0.25, 0.3) is 5.91 Å². The summed E-state index contributed by atoms with van der Waals surface area (Å²) in [4.78, 5) is 25.0. The van der Waals surface area contributed by atoms with Crippen LogP contribution in [0, 0.1) is 34.6 Å². The molecule has 0 saturated heterocycles. The molecule has 2 amide bonds. The molecule has 8 nitrogen and oxygen atoms in total. The van der Waals surface area contributed by atoms with Crippen molar-refractivity contribution in [3.8, 4) is 0 Å². The Balaban J connectivity index is 1.71. The average Bonchev–Trinajstić information content (AvgIpc) is 3.02. The lowest BCUT2D eigenvalue weighted by atomic mass is 10.1. The van der Waals surface area contributed by atoms with Crippen LogP contribution in [0.1, 0.15) is 38.3 Å². The Morgan fingerprint density at radius 1 is 0.933 bits per heavy atom. The van der Waals surface area contributed by atoms with Crippen LogP contribution in [-0.4, -0.2) is 26.8 Å². The molecule has 1 heterocycles. The average molecular weight is 406 g/mol.